The van der Waals surface area contributed by atoms with E-state index in [1.54, 1.807) is 12.1 Å². The molecule has 0 saturated carbocycles. The lowest BCUT2D eigenvalue weighted by molar-refractivity contribution is 0.100. The van der Waals surface area contributed by atoms with Crippen LogP contribution in [0, 0.1) is 0 Å². The Morgan fingerprint density at radius 2 is 2.36 bits per heavy atom. The van der Waals surface area contributed by atoms with Crippen LogP contribution in [0.1, 0.15) is 15.9 Å². The molecule has 0 aliphatic heterocycles. The highest BCUT2D eigenvalue weighted by atomic mass is 35.5. The summed E-state index contributed by atoms with van der Waals surface area (Å²) in [5.41, 5.74) is 14.1. The van der Waals surface area contributed by atoms with Crippen molar-refractivity contribution in [3.8, 4) is 0 Å². The predicted molar refractivity (Wildman–Crippen MR) is 52.8 cm³/mol. The van der Waals surface area contributed by atoms with Crippen LogP contribution in [-0.2, 0) is 6.54 Å². The van der Waals surface area contributed by atoms with Crippen molar-refractivity contribution in [1.82, 2.24) is 0 Å². The number of primary amides is 1. The minimum absolute atomic E-state index is 0.175. The Labute approximate surface area is 85.1 Å². The highest BCUT2D eigenvalue weighted by Crippen LogP contribution is 2.17. The molecule has 1 amide bonds. The zero-order chi connectivity index (χ0) is 10.6. The van der Waals surface area contributed by atoms with Crippen LogP contribution in [0.25, 0.3) is 10.4 Å². The maximum Gasteiger partial charge on any atom is 0.250 e. The van der Waals surface area contributed by atoms with E-state index in [0.717, 1.165) is 0 Å². The molecule has 0 aliphatic rings. The highest BCUT2D eigenvalue weighted by Gasteiger charge is 2.06. The monoisotopic (exact) mass is 210 g/mol. The van der Waals surface area contributed by atoms with Crippen molar-refractivity contribution in [3.05, 3.63) is 44.8 Å². The van der Waals surface area contributed by atoms with Crippen LogP contribution in [-0.4, -0.2) is 5.91 Å². The van der Waals surface area contributed by atoms with Crippen LogP contribution < -0.4 is 5.73 Å². The number of carbonyl (C=O) groups is 1. The smallest absolute Gasteiger partial charge is 0.250 e. The van der Waals surface area contributed by atoms with Crippen molar-refractivity contribution in [2.75, 3.05) is 0 Å². The van der Waals surface area contributed by atoms with Crippen molar-refractivity contribution in [1.29, 1.82) is 0 Å². The van der Waals surface area contributed by atoms with E-state index < -0.39 is 5.91 Å². The standard InChI is InChI=1S/C8H7ClN4O/c9-7-2-1-5(4-12-13-11)3-6(7)8(10)14/h1-3H,4H2,(H2,10,14). The number of halogens is 1. The first-order valence-electron chi connectivity index (χ1n) is 3.74. The van der Waals surface area contributed by atoms with Gasteiger partial charge in [0.2, 0.25) is 5.91 Å². The van der Waals surface area contributed by atoms with Gasteiger partial charge in [-0.05, 0) is 23.2 Å². The molecule has 1 aromatic rings. The van der Waals surface area contributed by atoms with Crippen molar-refractivity contribution < 1.29 is 4.79 Å². The maximum atomic E-state index is 10.9. The van der Waals surface area contributed by atoms with Gasteiger partial charge in [-0.2, -0.15) is 0 Å². The Kier molecular flexibility index (Phi) is 3.34. The summed E-state index contributed by atoms with van der Waals surface area (Å²) in [5.74, 6) is -0.599. The van der Waals surface area contributed by atoms with Gasteiger partial charge in [0.15, 0.2) is 0 Å². The Morgan fingerprint density at radius 3 is 2.93 bits per heavy atom. The first kappa shape index (κ1) is 10.4. The molecule has 0 aromatic heterocycles. The van der Waals surface area contributed by atoms with Crippen molar-refractivity contribution >= 4 is 17.5 Å². The first-order valence-corrected chi connectivity index (χ1v) is 4.12. The third kappa shape index (κ3) is 2.39. The number of hydrogen-bond acceptors (Lipinski definition) is 2. The molecule has 5 nitrogen and oxygen atoms in total. The first-order chi connectivity index (χ1) is 6.65. The largest absolute Gasteiger partial charge is 0.366 e. The average molecular weight is 211 g/mol. The number of nitrogens with two attached hydrogens (primary N) is 1. The third-order valence-electron chi connectivity index (χ3n) is 1.61. The molecular formula is C8H7ClN4O. The van der Waals surface area contributed by atoms with Gasteiger partial charge in [0.05, 0.1) is 17.1 Å². The summed E-state index contributed by atoms with van der Waals surface area (Å²) in [5, 5.41) is 3.65. The fourth-order valence-corrected chi connectivity index (χ4v) is 1.18. The minimum atomic E-state index is -0.599. The van der Waals surface area contributed by atoms with Crippen LogP contribution in [0.5, 0.6) is 0 Å². The van der Waals surface area contributed by atoms with E-state index in [4.69, 9.17) is 22.9 Å². The molecule has 1 rings (SSSR count). The Morgan fingerprint density at radius 1 is 1.64 bits per heavy atom. The van der Waals surface area contributed by atoms with E-state index in [0.29, 0.717) is 10.6 Å². The van der Waals surface area contributed by atoms with E-state index in [9.17, 15) is 4.79 Å². The molecule has 0 unspecified atom stereocenters. The Balaban J connectivity index is 3.06. The second-order valence-corrected chi connectivity index (χ2v) is 2.97. The zero-order valence-electron chi connectivity index (χ0n) is 7.14. The molecule has 72 valence electrons. The van der Waals surface area contributed by atoms with Gasteiger partial charge in [-0.1, -0.05) is 22.8 Å². The lowest BCUT2D eigenvalue weighted by atomic mass is 10.1. The SMILES string of the molecule is [N-]=[N+]=NCc1ccc(Cl)c(C(N)=O)c1. The van der Waals surface area contributed by atoms with Crippen LogP contribution in [0.4, 0.5) is 0 Å². The van der Waals surface area contributed by atoms with Crippen LogP contribution in [0.2, 0.25) is 5.02 Å². The molecule has 0 radical (unpaired) electrons. The average Bonchev–Trinajstić information content (AvgIpc) is 2.16. The van der Waals surface area contributed by atoms with E-state index in [1.807, 2.05) is 0 Å². The number of azide groups is 1. The predicted octanol–water partition coefficient (Wildman–Crippen LogP) is 2.25. The fraction of sp³-hybridized carbons (Fsp3) is 0.125. The molecule has 1 aromatic carbocycles. The van der Waals surface area contributed by atoms with Crippen molar-refractivity contribution in [3.63, 3.8) is 0 Å². The van der Waals surface area contributed by atoms with Gasteiger partial charge in [-0.3, -0.25) is 4.79 Å². The molecule has 0 saturated heterocycles. The summed E-state index contributed by atoms with van der Waals surface area (Å²) in [7, 11) is 0. The summed E-state index contributed by atoms with van der Waals surface area (Å²) in [6.45, 7) is 0.175. The quantitative estimate of drug-likeness (QED) is 0.463. The molecule has 0 fully saturated rings. The fourth-order valence-electron chi connectivity index (χ4n) is 0.973. The van der Waals surface area contributed by atoms with Gasteiger partial charge in [-0.25, -0.2) is 0 Å². The lowest BCUT2D eigenvalue weighted by Crippen LogP contribution is -2.11. The zero-order valence-corrected chi connectivity index (χ0v) is 7.90. The number of carbonyl (C=O) groups excluding carboxylic acids is 1. The van der Waals surface area contributed by atoms with E-state index >= 15 is 0 Å². The molecule has 2 N–H and O–H groups in total. The number of amides is 1. The summed E-state index contributed by atoms with van der Waals surface area (Å²) in [6.07, 6.45) is 0. The van der Waals surface area contributed by atoms with Gasteiger partial charge in [0, 0.05) is 4.91 Å². The molecule has 14 heavy (non-hydrogen) atoms. The number of benzene rings is 1. The van der Waals surface area contributed by atoms with E-state index in [2.05, 4.69) is 10.0 Å². The molecular weight excluding hydrogens is 204 g/mol. The van der Waals surface area contributed by atoms with Gasteiger partial charge in [0.1, 0.15) is 0 Å². The van der Waals surface area contributed by atoms with Crippen LogP contribution in [0.3, 0.4) is 0 Å². The van der Waals surface area contributed by atoms with Gasteiger partial charge < -0.3 is 5.73 Å². The van der Waals surface area contributed by atoms with Gasteiger partial charge in [0.25, 0.3) is 0 Å². The summed E-state index contributed by atoms with van der Waals surface area (Å²) in [4.78, 5) is 13.5. The number of hydrogen-bond donors (Lipinski definition) is 1. The maximum absolute atomic E-state index is 10.9. The van der Waals surface area contributed by atoms with Crippen LogP contribution in [0.15, 0.2) is 23.3 Å². The molecule has 0 aliphatic carbocycles. The summed E-state index contributed by atoms with van der Waals surface area (Å²) >= 11 is 5.72. The highest BCUT2D eigenvalue weighted by molar-refractivity contribution is 6.33. The third-order valence-corrected chi connectivity index (χ3v) is 1.94. The Bertz CT molecular complexity index is 412. The van der Waals surface area contributed by atoms with Crippen LogP contribution >= 0.6 is 11.6 Å². The van der Waals surface area contributed by atoms with Gasteiger partial charge >= 0.3 is 0 Å². The number of nitrogens with zero attached hydrogens (tertiary/aromatic N) is 3. The topological polar surface area (TPSA) is 91.8 Å². The minimum Gasteiger partial charge on any atom is -0.366 e. The normalized spacial score (nSPS) is 9.21. The van der Waals surface area contributed by atoms with E-state index in [-0.39, 0.29) is 12.1 Å². The van der Waals surface area contributed by atoms with E-state index in [1.165, 1.54) is 6.07 Å². The number of rotatable bonds is 3. The second-order valence-electron chi connectivity index (χ2n) is 2.57. The molecule has 0 bridgehead atoms. The Hall–Kier alpha value is -1.71. The summed E-state index contributed by atoms with van der Waals surface area (Å²) < 4.78 is 0. The second kappa shape index (κ2) is 4.50. The molecule has 0 spiro atoms. The summed E-state index contributed by atoms with van der Waals surface area (Å²) in [6, 6.07) is 4.73. The van der Waals surface area contributed by atoms with Crippen molar-refractivity contribution in [2.45, 2.75) is 6.54 Å². The molecule has 6 heteroatoms. The lowest BCUT2D eigenvalue weighted by Gasteiger charge is -2.01. The molecule has 0 atom stereocenters. The van der Waals surface area contributed by atoms with Crippen molar-refractivity contribution in [2.24, 2.45) is 10.8 Å². The molecule has 0 heterocycles. The van der Waals surface area contributed by atoms with Gasteiger partial charge in [-0.15, -0.1) is 0 Å².